The zero-order valence-corrected chi connectivity index (χ0v) is 11.6. The summed E-state index contributed by atoms with van der Waals surface area (Å²) in [6.45, 7) is 11.4. The van der Waals surface area contributed by atoms with Crippen LogP contribution in [0.2, 0.25) is 0 Å². The van der Waals surface area contributed by atoms with Gasteiger partial charge in [0.15, 0.2) is 0 Å². The highest BCUT2D eigenvalue weighted by Crippen LogP contribution is 2.33. The monoisotopic (exact) mass is 224 g/mol. The van der Waals surface area contributed by atoms with Gasteiger partial charge in [0.25, 0.3) is 0 Å². The van der Waals surface area contributed by atoms with Crippen LogP contribution < -0.4 is 0 Å². The third-order valence-electron chi connectivity index (χ3n) is 2.68. The molecule has 86 valence electrons. The molecule has 0 N–H and O–H groups in total. The first-order chi connectivity index (χ1) is 6.95. The molecular formula is C14H24S. The number of unbranched alkanes of at least 4 members (excludes halogenated alkanes) is 2. The number of thiophene rings is 1. The van der Waals surface area contributed by atoms with Crippen LogP contribution in [0.3, 0.4) is 0 Å². The number of aryl methyl sites for hydroxylation is 2. The van der Waals surface area contributed by atoms with Crippen molar-refractivity contribution in [1.82, 2.24) is 0 Å². The molecule has 0 spiro atoms. The first kappa shape index (κ1) is 12.8. The molecule has 0 aliphatic carbocycles. The first-order valence-corrected chi connectivity index (χ1v) is 6.86. The SMILES string of the molecule is CCCCCc1cc(C)c(C(C)(C)C)s1. The third-order valence-corrected chi connectivity index (χ3v) is 4.40. The molecule has 1 rings (SSSR count). The standard InChI is InChI=1S/C14H24S/c1-6-7-8-9-12-10-11(2)13(15-12)14(3,4)5/h10H,6-9H2,1-5H3. The Morgan fingerprint density at radius 1 is 1.20 bits per heavy atom. The van der Waals surface area contributed by atoms with Gasteiger partial charge in [0.1, 0.15) is 0 Å². The maximum Gasteiger partial charge on any atom is 0.0131 e. The molecule has 0 unspecified atom stereocenters. The van der Waals surface area contributed by atoms with Crippen LogP contribution in [-0.2, 0) is 11.8 Å². The Labute approximate surface area is 98.7 Å². The molecule has 0 aliphatic rings. The van der Waals surface area contributed by atoms with Crippen molar-refractivity contribution < 1.29 is 0 Å². The minimum Gasteiger partial charge on any atom is -0.145 e. The minimum absolute atomic E-state index is 0.317. The molecule has 0 aromatic carbocycles. The lowest BCUT2D eigenvalue weighted by Gasteiger charge is -2.17. The molecule has 0 bridgehead atoms. The first-order valence-electron chi connectivity index (χ1n) is 6.05. The van der Waals surface area contributed by atoms with E-state index >= 15 is 0 Å². The lowest BCUT2D eigenvalue weighted by molar-refractivity contribution is 0.600. The number of hydrogen-bond donors (Lipinski definition) is 0. The summed E-state index contributed by atoms with van der Waals surface area (Å²) < 4.78 is 0. The summed E-state index contributed by atoms with van der Waals surface area (Å²) in [7, 11) is 0. The van der Waals surface area contributed by atoms with E-state index in [-0.39, 0.29) is 0 Å². The average molecular weight is 224 g/mol. The van der Waals surface area contributed by atoms with Crippen molar-refractivity contribution >= 4 is 11.3 Å². The molecular weight excluding hydrogens is 200 g/mol. The van der Waals surface area contributed by atoms with Crippen molar-refractivity contribution in [3.05, 3.63) is 21.4 Å². The van der Waals surface area contributed by atoms with Gasteiger partial charge < -0.3 is 0 Å². The Hall–Kier alpha value is -0.300. The van der Waals surface area contributed by atoms with Crippen LogP contribution in [0.4, 0.5) is 0 Å². The van der Waals surface area contributed by atoms with Crippen LogP contribution >= 0.6 is 11.3 Å². The van der Waals surface area contributed by atoms with Gasteiger partial charge in [-0.3, -0.25) is 0 Å². The number of rotatable bonds is 4. The summed E-state index contributed by atoms with van der Waals surface area (Å²) in [4.78, 5) is 3.14. The molecule has 1 heteroatoms. The second kappa shape index (κ2) is 5.16. The molecule has 0 amide bonds. The lowest BCUT2D eigenvalue weighted by Crippen LogP contribution is -2.09. The van der Waals surface area contributed by atoms with E-state index in [0.29, 0.717) is 5.41 Å². The molecule has 0 aliphatic heterocycles. The van der Waals surface area contributed by atoms with E-state index < -0.39 is 0 Å². The Morgan fingerprint density at radius 3 is 2.33 bits per heavy atom. The maximum atomic E-state index is 2.39. The summed E-state index contributed by atoms with van der Waals surface area (Å²) in [5, 5.41) is 0. The molecule has 0 nitrogen and oxygen atoms in total. The zero-order valence-electron chi connectivity index (χ0n) is 10.8. The Balaban J connectivity index is 2.69. The predicted octanol–water partition coefficient (Wildman–Crippen LogP) is 5.09. The molecule has 1 aromatic rings. The van der Waals surface area contributed by atoms with Gasteiger partial charge in [-0.25, -0.2) is 0 Å². The zero-order chi connectivity index (χ0) is 11.5. The van der Waals surface area contributed by atoms with Crippen molar-refractivity contribution in [3.8, 4) is 0 Å². The smallest absolute Gasteiger partial charge is 0.0131 e. The minimum atomic E-state index is 0.317. The van der Waals surface area contributed by atoms with Gasteiger partial charge in [-0.05, 0) is 36.8 Å². The number of hydrogen-bond acceptors (Lipinski definition) is 1. The molecule has 1 heterocycles. The van der Waals surface area contributed by atoms with Crippen molar-refractivity contribution in [2.75, 3.05) is 0 Å². The van der Waals surface area contributed by atoms with E-state index in [9.17, 15) is 0 Å². The molecule has 0 radical (unpaired) electrons. The van der Waals surface area contributed by atoms with Crippen molar-refractivity contribution in [1.29, 1.82) is 0 Å². The molecule has 0 fully saturated rings. The largest absolute Gasteiger partial charge is 0.145 e. The van der Waals surface area contributed by atoms with Crippen LogP contribution in [0.15, 0.2) is 6.07 Å². The quantitative estimate of drug-likeness (QED) is 0.625. The highest BCUT2D eigenvalue weighted by molar-refractivity contribution is 7.12. The van der Waals surface area contributed by atoms with Gasteiger partial charge in [0.2, 0.25) is 0 Å². The second-order valence-electron chi connectivity index (χ2n) is 5.43. The van der Waals surface area contributed by atoms with Crippen molar-refractivity contribution in [2.45, 2.75) is 65.7 Å². The third kappa shape index (κ3) is 3.64. The summed E-state index contributed by atoms with van der Waals surface area (Å²) >= 11 is 2.02. The summed E-state index contributed by atoms with van der Waals surface area (Å²) in [6, 6.07) is 2.39. The predicted molar refractivity (Wildman–Crippen MR) is 71.0 cm³/mol. The fraction of sp³-hybridized carbons (Fsp3) is 0.714. The normalized spacial score (nSPS) is 12.1. The molecule has 0 saturated carbocycles. The van der Waals surface area contributed by atoms with Gasteiger partial charge in [0.05, 0.1) is 0 Å². The van der Waals surface area contributed by atoms with Gasteiger partial charge in [-0.15, -0.1) is 11.3 Å². The van der Waals surface area contributed by atoms with Gasteiger partial charge in [-0.2, -0.15) is 0 Å². The van der Waals surface area contributed by atoms with Gasteiger partial charge >= 0.3 is 0 Å². The Morgan fingerprint density at radius 2 is 1.87 bits per heavy atom. The molecule has 1 aromatic heterocycles. The summed E-state index contributed by atoms with van der Waals surface area (Å²) in [5.41, 5.74) is 1.80. The van der Waals surface area contributed by atoms with Crippen LogP contribution in [0, 0.1) is 6.92 Å². The van der Waals surface area contributed by atoms with E-state index in [4.69, 9.17) is 0 Å². The van der Waals surface area contributed by atoms with E-state index in [1.807, 2.05) is 11.3 Å². The van der Waals surface area contributed by atoms with E-state index in [2.05, 4.69) is 40.7 Å². The van der Waals surface area contributed by atoms with E-state index in [1.54, 1.807) is 9.75 Å². The summed E-state index contributed by atoms with van der Waals surface area (Å²) in [5.74, 6) is 0. The van der Waals surface area contributed by atoms with Gasteiger partial charge in [-0.1, -0.05) is 40.5 Å². The Kier molecular flexibility index (Phi) is 4.39. The van der Waals surface area contributed by atoms with Crippen LogP contribution in [-0.4, -0.2) is 0 Å². The van der Waals surface area contributed by atoms with Crippen LogP contribution in [0.25, 0.3) is 0 Å². The Bertz CT molecular complexity index is 302. The van der Waals surface area contributed by atoms with Crippen molar-refractivity contribution in [3.63, 3.8) is 0 Å². The molecule has 0 atom stereocenters. The highest BCUT2D eigenvalue weighted by Gasteiger charge is 2.19. The lowest BCUT2D eigenvalue weighted by atomic mass is 9.92. The second-order valence-corrected chi connectivity index (χ2v) is 6.57. The fourth-order valence-electron chi connectivity index (χ4n) is 1.97. The van der Waals surface area contributed by atoms with E-state index in [0.717, 1.165) is 0 Å². The molecule has 0 saturated heterocycles. The topological polar surface area (TPSA) is 0 Å². The van der Waals surface area contributed by atoms with Crippen LogP contribution in [0.5, 0.6) is 0 Å². The maximum absolute atomic E-state index is 2.39. The summed E-state index contributed by atoms with van der Waals surface area (Å²) in [6.07, 6.45) is 5.30. The van der Waals surface area contributed by atoms with Gasteiger partial charge in [0, 0.05) is 9.75 Å². The highest BCUT2D eigenvalue weighted by atomic mass is 32.1. The van der Waals surface area contributed by atoms with Crippen LogP contribution in [0.1, 0.15) is 62.3 Å². The average Bonchev–Trinajstić information content (AvgIpc) is 2.47. The van der Waals surface area contributed by atoms with E-state index in [1.165, 1.54) is 31.2 Å². The fourth-order valence-corrected chi connectivity index (χ4v) is 3.24. The molecule has 15 heavy (non-hydrogen) atoms. The van der Waals surface area contributed by atoms with Crippen molar-refractivity contribution in [2.24, 2.45) is 0 Å².